The van der Waals surface area contributed by atoms with Crippen molar-refractivity contribution in [3.05, 3.63) is 24.2 Å². The monoisotopic (exact) mass is 206 g/mol. The molecular formula is C10H14N4O. The lowest BCUT2D eigenvalue weighted by atomic mass is 10.4. The van der Waals surface area contributed by atoms with E-state index >= 15 is 0 Å². The van der Waals surface area contributed by atoms with Gasteiger partial charge < -0.3 is 10.0 Å². The summed E-state index contributed by atoms with van der Waals surface area (Å²) in [5.74, 6) is 1.00. The number of likely N-dealkylation sites (N-methyl/N-ethyl adjacent to an activating group) is 1. The van der Waals surface area contributed by atoms with Gasteiger partial charge in [-0.25, -0.2) is 9.50 Å². The van der Waals surface area contributed by atoms with Crippen LogP contribution in [0, 0.1) is 0 Å². The van der Waals surface area contributed by atoms with Crippen molar-refractivity contribution >= 4 is 5.65 Å². The number of hydrogen-bond acceptors (Lipinski definition) is 4. The van der Waals surface area contributed by atoms with Gasteiger partial charge in [0.25, 0.3) is 0 Å². The van der Waals surface area contributed by atoms with Crippen LogP contribution in [0.5, 0.6) is 5.75 Å². The number of nitrogens with zero attached hydrogens (tertiary/aromatic N) is 4. The van der Waals surface area contributed by atoms with Crippen LogP contribution in [-0.2, 0) is 6.42 Å². The van der Waals surface area contributed by atoms with Crippen molar-refractivity contribution < 1.29 is 5.11 Å². The van der Waals surface area contributed by atoms with Gasteiger partial charge >= 0.3 is 0 Å². The predicted octanol–water partition coefficient (Wildman–Crippen LogP) is 0.539. The van der Waals surface area contributed by atoms with Gasteiger partial charge in [-0.15, -0.1) is 0 Å². The smallest absolute Gasteiger partial charge is 0.155 e. The third-order valence-electron chi connectivity index (χ3n) is 2.14. The molecule has 0 spiro atoms. The summed E-state index contributed by atoms with van der Waals surface area (Å²) in [4.78, 5) is 6.43. The van der Waals surface area contributed by atoms with E-state index < -0.39 is 0 Å². The van der Waals surface area contributed by atoms with E-state index in [0.717, 1.165) is 24.4 Å². The van der Waals surface area contributed by atoms with Crippen molar-refractivity contribution in [2.75, 3.05) is 20.6 Å². The molecule has 0 aliphatic rings. The van der Waals surface area contributed by atoms with E-state index in [2.05, 4.69) is 15.0 Å². The number of fused-ring (bicyclic) bond motifs is 1. The zero-order chi connectivity index (χ0) is 10.8. The fourth-order valence-corrected chi connectivity index (χ4v) is 1.35. The van der Waals surface area contributed by atoms with E-state index in [4.69, 9.17) is 0 Å². The zero-order valence-electron chi connectivity index (χ0n) is 8.88. The van der Waals surface area contributed by atoms with Crippen LogP contribution >= 0.6 is 0 Å². The van der Waals surface area contributed by atoms with E-state index in [9.17, 15) is 5.11 Å². The summed E-state index contributed by atoms with van der Waals surface area (Å²) in [5.41, 5.74) is 0.765. The quantitative estimate of drug-likeness (QED) is 0.796. The normalized spacial score (nSPS) is 11.4. The Hall–Kier alpha value is -1.62. The summed E-state index contributed by atoms with van der Waals surface area (Å²) in [5, 5.41) is 13.5. The van der Waals surface area contributed by atoms with Crippen molar-refractivity contribution in [1.29, 1.82) is 0 Å². The van der Waals surface area contributed by atoms with Crippen molar-refractivity contribution in [2.24, 2.45) is 0 Å². The number of rotatable bonds is 3. The Balaban J connectivity index is 2.23. The Morgan fingerprint density at radius 1 is 1.40 bits per heavy atom. The van der Waals surface area contributed by atoms with E-state index in [1.165, 1.54) is 0 Å². The predicted molar refractivity (Wildman–Crippen MR) is 56.9 cm³/mol. The van der Waals surface area contributed by atoms with Crippen LogP contribution in [0.4, 0.5) is 0 Å². The fraction of sp³-hybridized carbons (Fsp3) is 0.400. The molecule has 2 rings (SSSR count). The average Bonchev–Trinajstić information content (AvgIpc) is 2.56. The molecule has 2 aromatic heterocycles. The van der Waals surface area contributed by atoms with Gasteiger partial charge in [-0.2, -0.15) is 5.10 Å². The lowest BCUT2D eigenvalue weighted by molar-refractivity contribution is 0.409. The molecule has 0 radical (unpaired) electrons. The van der Waals surface area contributed by atoms with Crippen molar-refractivity contribution in [3.8, 4) is 5.75 Å². The summed E-state index contributed by atoms with van der Waals surface area (Å²) in [6.45, 7) is 0.920. The van der Waals surface area contributed by atoms with Crippen molar-refractivity contribution in [2.45, 2.75) is 6.42 Å². The van der Waals surface area contributed by atoms with Gasteiger partial charge in [-0.05, 0) is 26.2 Å². The Bertz CT molecular complexity index is 463. The molecule has 5 nitrogen and oxygen atoms in total. The highest BCUT2D eigenvalue weighted by molar-refractivity contribution is 5.40. The summed E-state index contributed by atoms with van der Waals surface area (Å²) in [6, 6.07) is 3.36. The first-order chi connectivity index (χ1) is 7.15. The van der Waals surface area contributed by atoms with Gasteiger partial charge in [-0.3, -0.25) is 0 Å². The highest BCUT2D eigenvalue weighted by Gasteiger charge is 2.04. The number of pyridine rings is 1. The molecule has 0 unspecified atom stereocenters. The maximum Gasteiger partial charge on any atom is 0.155 e. The largest absolute Gasteiger partial charge is 0.506 e. The second kappa shape index (κ2) is 3.86. The van der Waals surface area contributed by atoms with Crippen LogP contribution in [0.1, 0.15) is 5.82 Å². The molecule has 0 fully saturated rings. The fourth-order valence-electron chi connectivity index (χ4n) is 1.35. The van der Waals surface area contributed by atoms with Gasteiger partial charge in [0.1, 0.15) is 5.75 Å². The van der Waals surface area contributed by atoms with E-state index in [-0.39, 0.29) is 5.75 Å². The molecule has 0 amide bonds. The molecule has 0 bridgehead atoms. The second-order valence-electron chi connectivity index (χ2n) is 3.77. The molecule has 0 saturated carbocycles. The molecule has 0 saturated heterocycles. The zero-order valence-corrected chi connectivity index (χ0v) is 8.88. The maximum atomic E-state index is 9.26. The van der Waals surface area contributed by atoms with Crippen LogP contribution < -0.4 is 0 Å². The Kier molecular flexibility index (Phi) is 2.55. The van der Waals surface area contributed by atoms with E-state index in [1.807, 2.05) is 14.1 Å². The summed E-state index contributed by atoms with van der Waals surface area (Å²) in [6.07, 6.45) is 2.37. The third-order valence-corrected chi connectivity index (χ3v) is 2.14. The van der Waals surface area contributed by atoms with Crippen LogP contribution in [0.25, 0.3) is 5.65 Å². The average molecular weight is 206 g/mol. The van der Waals surface area contributed by atoms with Gasteiger partial charge in [0.05, 0.1) is 6.20 Å². The minimum atomic E-state index is 0.201. The van der Waals surface area contributed by atoms with Crippen LogP contribution in [0.15, 0.2) is 18.3 Å². The summed E-state index contributed by atoms with van der Waals surface area (Å²) in [7, 11) is 4.03. The number of hydrogen-bond donors (Lipinski definition) is 1. The van der Waals surface area contributed by atoms with Crippen molar-refractivity contribution in [1.82, 2.24) is 19.5 Å². The Labute approximate surface area is 88.0 Å². The summed E-state index contributed by atoms with van der Waals surface area (Å²) >= 11 is 0. The van der Waals surface area contributed by atoms with Gasteiger partial charge in [0.2, 0.25) is 0 Å². The molecule has 2 heterocycles. The lowest BCUT2D eigenvalue weighted by Crippen LogP contribution is -2.15. The topological polar surface area (TPSA) is 53.7 Å². The maximum absolute atomic E-state index is 9.26. The van der Waals surface area contributed by atoms with Crippen molar-refractivity contribution in [3.63, 3.8) is 0 Å². The molecule has 0 aliphatic heterocycles. The number of aromatic hydroxyl groups is 1. The molecule has 0 atom stereocenters. The Morgan fingerprint density at radius 2 is 2.20 bits per heavy atom. The first-order valence-corrected chi connectivity index (χ1v) is 4.84. The highest BCUT2D eigenvalue weighted by atomic mass is 16.3. The molecular weight excluding hydrogens is 192 g/mol. The lowest BCUT2D eigenvalue weighted by Gasteiger charge is -2.05. The second-order valence-corrected chi connectivity index (χ2v) is 3.77. The number of aromatic nitrogens is 3. The summed E-state index contributed by atoms with van der Waals surface area (Å²) < 4.78 is 1.60. The minimum absolute atomic E-state index is 0.201. The highest BCUT2D eigenvalue weighted by Crippen LogP contribution is 2.09. The first kappa shape index (κ1) is 9.92. The van der Waals surface area contributed by atoms with Crippen LogP contribution in [0.2, 0.25) is 0 Å². The SMILES string of the molecule is CN(C)CCc1nc2ccc(O)cn2n1. The third kappa shape index (κ3) is 2.24. The van der Waals surface area contributed by atoms with E-state index in [1.54, 1.807) is 22.8 Å². The van der Waals surface area contributed by atoms with E-state index in [0.29, 0.717) is 0 Å². The minimum Gasteiger partial charge on any atom is -0.506 e. The molecule has 0 aliphatic carbocycles. The van der Waals surface area contributed by atoms with Crippen LogP contribution in [0.3, 0.4) is 0 Å². The Morgan fingerprint density at radius 3 is 2.93 bits per heavy atom. The first-order valence-electron chi connectivity index (χ1n) is 4.84. The molecule has 5 heteroatoms. The molecule has 0 aromatic carbocycles. The molecule has 2 aromatic rings. The van der Waals surface area contributed by atoms with Gasteiger partial charge in [0, 0.05) is 13.0 Å². The molecule has 15 heavy (non-hydrogen) atoms. The standard InChI is InChI=1S/C10H14N4O/c1-13(2)6-5-9-11-10-4-3-8(15)7-14(10)12-9/h3-4,7,15H,5-6H2,1-2H3. The molecule has 80 valence electrons. The van der Waals surface area contributed by atoms with Gasteiger partial charge in [-0.1, -0.05) is 0 Å². The molecule has 1 N–H and O–H groups in total. The van der Waals surface area contributed by atoms with Crippen LogP contribution in [-0.4, -0.2) is 45.2 Å². The van der Waals surface area contributed by atoms with Gasteiger partial charge in [0.15, 0.2) is 11.5 Å².